The molecule has 6 nitrogen and oxygen atoms in total. The summed E-state index contributed by atoms with van der Waals surface area (Å²) >= 11 is 0. The lowest BCUT2D eigenvalue weighted by Crippen LogP contribution is -3.13. The fourth-order valence-corrected chi connectivity index (χ4v) is 2.39. The van der Waals surface area contributed by atoms with Crippen LogP contribution in [-0.4, -0.2) is 34.1 Å². The number of hydrogen-bond donors (Lipinski definition) is 1. The zero-order valence-corrected chi connectivity index (χ0v) is 10.2. The van der Waals surface area contributed by atoms with Crippen LogP contribution in [0.3, 0.4) is 0 Å². The van der Waals surface area contributed by atoms with Crippen LogP contribution in [0.25, 0.3) is 0 Å². The predicted molar refractivity (Wildman–Crippen MR) is 63.0 cm³/mol. The molecule has 0 atom stereocenters. The molecule has 1 aromatic rings. The van der Waals surface area contributed by atoms with E-state index >= 15 is 0 Å². The second-order valence-electron chi connectivity index (χ2n) is 4.66. The molecule has 0 radical (unpaired) electrons. The van der Waals surface area contributed by atoms with Crippen molar-refractivity contribution in [1.82, 2.24) is 9.55 Å². The maximum atomic E-state index is 10.6. The summed E-state index contributed by atoms with van der Waals surface area (Å²) in [6, 6.07) is 0. The highest BCUT2D eigenvalue weighted by molar-refractivity contribution is 5.16. The van der Waals surface area contributed by atoms with Crippen LogP contribution in [0, 0.1) is 17.0 Å². The molecule has 17 heavy (non-hydrogen) atoms. The molecule has 1 fully saturated rings. The first-order valence-electron chi connectivity index (χ1n) is 6.18. The van der Waals surface area contributed by atoms with Crippen molar-refractivity contribution in [2.24, 2.45) is 0 Å². The quantitative estimate of drug-likeness (QED) is 0.601. The minimum Gasteiger partial charge on any atom is -0.358 e. The number of likely N-dealkylation sites (tertiary alicyclic amines) is 1. The second kappa shape index (κ2) is 5.27. The summed E-state index contributed by atoms with van der Waals surface area (Å²) in [5.41, 5.74) is 0. The van der Waals surface area contributed by atoms with Gasteiger partial charge in [0.2, 0.25) is 5.82 Å². The number of hydrogen-bond acceptors (Lipinski definition) is 3. The molecule has 1 aromatic heterocycles. The summed E-state index contributed by atoms with van der Waals surface area (Å²) < 4.78 is 1.89. The maximum Gasteiger partial charge on any atom is 0.381 e. The van der Waals surface area contributed by atoms with Crippen LogP contribution in [-0.2, 0) is 6.54 Å². The Labute approximate surface area is 100 Å². The molecule has 0 unspecified atom stereocenters. The van der Waals surface area contributed by atoms with Gasteiger partial charge in [0.25, 0.3) is 0 Å². The van der Waals surface area contributed by atoms with Gasteiger partial charge in [-0.2, -0.15) is 0 Å². The molecule has 2 rings (SSSR count). The topological polar surface area (TPSA) is 65.4 Å². The molecule has 0 saturated carbocycles. The van der Waals surface area contributed by atoms with Crippen molar-refractivity contribution in [3.63, 3.8) is 0 Å². The second-order valence-corrected chi connectivity index (χ2v) is 4.66. The number of quaternary nitrogens is 1. The van der Waals surface area contributed by atoms with E-state index in [-0.39, 0.29) is 5.82 Å². The Morgan fingerprint density at radius 2 is 2.18 bits per heavy atom. The number of rotatable bonds is 4. The SMILES string of the molecule is Cc1nc([N+](=O)[O-])cn1CC[NH+]1CCCCC1. The van der Waals surface area contributed by atoms with Crippen molar-refractivity contribution in [2.45, 2.75) is 32.7 Å². The Balaban J connectivity index is 1.91. The Bertz CT molecular complexity index is 396. The zero-order valence-electron chi connectivity index (χ0n) is 10.2. The fraction of sp³-hybridized carbons (Fsp3) is 0.727. The molecule has 0 bridgehead atoms. The van der Waals surface area contributed by atoms with Gasteiger partial charge < -0.3 is 19.6 Å². The standard InChI is InChI=1S/C11H18N4O2/c1-10-12-11(15(16)17)9-14(10)8-7-13-5-3-2-4-6-13/h9H,2-8H2,1H3/p+1. The third-order valence-corrected chi connectivity index (χ3v) is 3.42. The van der Waals surface area contributed by atoms with Crippen molar-refractivity contribution >= 4 is 5.82 Å². The first-order chi connectivity index (χ1) is 8.16. The third-order valence-electron chi connectivity index (χ3n) is 3.42. The van der Waals surface area contributed by atoms with Gasteiger partial charge in [-0.1, -0.05) is 0 Å². The van der Waals surface area contributed by atoms with Crippen LogP contribution in [0.5, 0.6) is 0 Å². The average molecular weight is 239 g/mol. The molecule has 6 heteroatoms. The van der Waals surface area contributed by atoms with E-state index in [1.807, 2.05) is 11.5 Å². The summed E-state index contributed by atoms with van der Waals surface area (Å²) in [5.74, 6) is 0.684. The molecule has 1 aliphatic heterocycles. The van der Waals surface area contributed by atoms with Gasteiger partial charge in [0.1, 0.15) is 6.20 Å². The van der Waals surface area contributed by atoms with E-state index < -0.39 is 4.92 Å². The molecule has 1 N–H and O–H groups in total. The zero-order chi connectivity index (χ0) is 12.3. The number of nitrogens with one attached hydrogen (secondary N) is 1. The molecule has 94 valence electrons. The molecule has 1 saturated heterocycles. The van der Waals surface area contributed by atoms with Gasteiger partial charge in [0.15, 0.2) is 0 Å². The number of imidazole rings is 1. The summed E-state index contributed by atoms with van der Waals surface area (Å²) in [6.07, 6.45) is 5.49. The van der Waals surface area contributed by atoms with Gasteiger partial charge in [-0.3, -0.25) is 0 Å². The van der Waals surface area contributed by atoms with Crippen molar-refractivity contribution in [1.29, 1.82) is 0 Å². The van der Waals surface area contributed by atoms with E-state index in [2.05, 4.69) is 4.98 Å². The largest absolute Gasteiger partial charge is 0.381 e. The monoisotopic (exact) mass is 239 g/mol. The van der Waals surface area contributed by atoms with Gasteiger partial charge in [-0.05, 0) is 29.2 Å². The lowest BCUT2D eigenvalue weighted by molar-refractivity contribution is -0.905. The number of piperidine rings is 1. The van der Waals surface area contributed by atoms with E-state index in [0.717, 1.165) is 18.9 Å². The first-order valence-corrected chi connectivity index (χ1v) is 6.18. The average Bonchev–Trinajstić information content (AvgIpc) is 2.70. The number of aromatic nitrogens is 2. The number of aryl methyl sites for hydroxylation is 1. The minimum atomic E-state index is -0.433. The molecule has 0 amide bonds. The van der Waals surface area contributed by atoms with Crippen LogP contribution in [0.2, 0.25) is 0 Å². The van der Waals surface area contributed by atoms with E-state index in [9.17, 15) is 10.1 Å². The van der Waals surface area contributed by atoms with E-state index in [1.54, 1.807) is 11.1 Å². The highest BCUT2D eigenvalue weighted by Gasteiger charge is 2.17. The number of nitrogens with zero attached hydrogens (tertiary/aromatic N) is 3. The Morgan fingerprint density at radius 1 is 1.47 bits per heavy atom. The highest BCUT2D eigenvalue weighted by Crippen LogP contribution is 2.09. The van der Waals surface area contributed by atoms with Crippen LogP contribution >= 0.6 is 0 Å². The van der Waals surface area contributed by atoms with Gasteiger partial charge in [0, 0.05) is 6.92 Å². The van der Waals surface area contributed by atoms with Crippen LogP contribution in [0.15, 0.2) is 6.20 Å². The smallest absolute Gasteiger partial charge is 0.358 e. The lowest BCUT2D eigenvalue weighted by atomic mass is 10.1. The fourth-order valence-electron chi connectivity index (χ4n) is 2.39. The third kappa shape index (κ3) is 3.03. The Morgan fingerprint density at radius 3 is 2.76 bits per heavy atom. The minimum absolute atomic E-state index is 0.0452. The highest BCUT2D eigenvalue weighted by atomic mass is 16.6. The van der Waals surface area contributed by atoms with Gasteiger partial charge in [0.05, 0.1) is 26.2 Å². The lowest BCUT2D eigenvalue weighted by Gasteiger charge is -2.23. The first kappa shape index (κ1) is 12.0. The van der Waals surface area contributed by atoms with Gasteiger partial charge in [-0.15, -0.1) is 0 Å². The van der Waals surface area contributed by atoms with Crippen molar-refractivity contribution in [2.75, 3.05) is 19.6 Å². The molecule has 0 spiro atoms. The molecule has 2 heterocycles. The summed E-state index contributed by atoms with van der Waals surface area (Å²) in [7, 11) is 0. The van der Waals surface area contributed by atoms with Crippen molar-refractivity contribution in [3.8, 4) is 0 Å². The Hall–Kier alpha value is -1.43. The van der Waals surface area contributed by atoms with Crippen LogP contribution in [0.4, 0.5) is 5.82 Å². The molecule has 0 aromatic carbocycles. The summed E-state index contributed by atoms with van der Waals surface area (Å²) in [6.45, 7) is 6.14. The van der Waals surface area contributed by atoms with Gasteiger partial charge in [-0.25, -0.2) is 0 Å². The summed E-state index contributed by atoms with van der Waals surface area (Å²) in [4.78, 5) is 15.7. The van der Waals surface area contributed by atoms with E-state index in [1.165, 1.54) is 32.4 Å². The molecular weight excluding hydrogens is 220 g/mol. The Kier molecular flexibility index (Phi) is 3.73. The maximum absolute atomic E-state index is 10.6. The van der Waals surface area contributed by atoms with Gasteiger partial charge >= 0.3 is 5.82 Å². The normalized spacial score (nSPS) is 17.2. The molecule has 0 aliphatic carbocycles. The predicted octanol–water partition coefficient (Wildman–Crippen LogP) is 0.169. The van der Waals surface area contributed by atoms with Crippen LogP contribution < -0.4 is 4.90 Å². The van der Waals surface area contributed by atoms with Crippen molar-refractivity contribution < 1.29 is 9.82 Å². The molecule has 1 aliphatic rings. The van der Waals surface area contributed by atoms with E-state index in [4.69, 9.17) is 0 Å². The number of nitro groups is 1. The van der Waals surface area contributed by atoms with E-state index in [0.29, 0.717) is 0 Å². The molecular formula is C11H19N4O2+. The summed E-state index contributed by atoms with van der Waals surface area (Å²) in [5, 5.41) is 10.6. The van der Waals surface area contributed by atoms with Crippen LogP contribution in [0.1, 0.15) is 25.1 Å². The van der Waals surface area contributed by atoms with Crippen molar-refractivity contribution in [3.05, 3.63) is 22.1 Å².